The Kier molecular flexibility index (Phi) is 4.05. The minimum atomic E-state index is 0.0697. The first-order chi connectivity index (χ1) is 11.4. The van der Waals surface area contributed by atoms with E-state index in [0.717, 1.165) is 29.5 Å². The molecule has 0 saturated carbocycles. The third-order valence-electron chi connectivity index (χ3n) is 3.99. The van der Waals surface area contributed by atoms with Crippen LogP contribution in [0.2, 0.25) is 0 Å². The highest BCUT2D eigenvalue weighted by Gasteiger charge is 2.30. The van der Waals surface area contributed by atoms with Gasteiger partial charge in [0.2, 0.25) is 5.13 Å². The molecule has 2 atom stereocenters. The molecular weight excluding hydrogens is 306 g/mol. The molecule has 2 aromatic carbocycles. The van der Waals surface area contributed by atoms with Gasteiger partial charge < -0.3 is 10.1 Å². The van der Waals surface area contributed by atoms with E-state index >= 15 is 0 Å². The average molecular weight is 323 g/mol. The maximum Gasteiger partial charge on any atom is 0.203 e. The van der Waals surface area contributed by atoms with Crippen molar-refractivity contribution in [3.8, 4) is 11.4 Å². The highest BCUT2D eigenvalue weighted by atomic mass is 32.1. The normalized spacial score (nSPS) is 20.5. The Morgan fingerprint density at radius 2 is 1.74 bits per heavy atom. The molecule has 4 nitrogen and oxygen atoms in total. The van der Waals surface area contributed by atoms with Crippen LogP contribution in [0.3, 0.4) is 0 Å². The van der Waals surface area contributed by atoms with Gasteiger partial charge in [0, 0.05) is 23.7 Å². The van der Waals surface area contributed by atoms with Crippen molar-refractivity contribution in [2.75, 3.05) is 11.9 Å². The van der Waals surface area contributed by atoms with Crippen LogP contribution in [0, 0.1) is 0 Å². The summed E-state index contributed by atoms with van der Waals surface area (Å²) in [6.45, 7) is 0.765. The lowest BCUT2D eigenvalue weighted by atomic mass is 10.0. The molecule has 4 rings (SSSR count). The maximum absolute atomic E-state index is 5.91. The molecule has 0 spiro atoms. The molecule has 23 heavy (non-hydrogen) atoms. The van der Waals surface area contributed by atoms with E-state index in [2.05, 4.69) is 26.8 Å². The summed E-state index contributed by atoms with van der Waals surface area (Å²) < 4.78 is 10.4. The van der Waals surface area contributed by atoms with E-state index in [1.165, 1.54) is 17.1 Å². The van der Waals surface area contributed by atoms with Crippen LogP contribution in [-0.2, 0) is 4.74 Å². The van der Waals surface area contributed by atoms with Crippen LogP contribution >= 0.6 is 11.5 Å². The number of hydrogen-bond acceptors (Lipinski definition) is 5. The Morgan fingerprint density at radius 3 is 2.52 bits per heavy atom. The summed E-state index contributed by atoms with van der Waals surface area (Å²) in [7, 11) is 0. The van der Waals surface area contributed by atoms with Crippen molar-refractivity contribution in [1.29, 1.82) is 0 Å². The van der Waals surface area contributed by atoms with Gasteiger partial charge in [-0.25, -0.2) is 0 Å². The van der Waals surface area contributed by atoms with Gasteiger partial charge in [-0.05, 0) is 12.0 Å². The number of ether oxygens (including phenoxy) is 1. The molecule has 1 saturated heterocycles. The lowest BCUT2D eigenvalue weighted by molar-refractivity contribution is 0.107. The number of rotatable bonds is 4. The summed E-state index contributed by atoms with van der Waals surface area (Å²) >= 11 is 1.40. The fraction of sp³-hybridized carbons (Fsp3) is 0.222. The Labute approximate surface area is 139 Å². The van der Waals surface area contributed by atoms with Gasteiger partial charge >= 0.3 is 0 Å². The van der Waals surface area contributed by atoms with Gasteiger partial charge in [0.25, 0.3) is 0 Å². The maximum atomic E-state index is 5.91. The van der Waals surface area contributed by atoms with Crippen LogP contribution in [-0.4, -0.2) is 22.0 Å². The molecule has 1 aliphatic rings. The number of nitrogens with zero attached hydrogens (tertiary/aromatic N) is 2. The second kappa shape index (κ2) is 6.48. The highest BCUT2D eigenvalue weighted by molar-refractivity contribution is 7.09. The third-order valence-corrected chi connectivity index (χ3v) is 4.63. The molecule has 3 aromatic rings. The van der Waals surface area contributed by atoms with Crippen LogP contribution in [0.4, 0.5) is 5.13 Å². The standard InChI is InChI=1S/C18H17N3OS/c1-3-7-13(8-4-1)16-15(11-12-22-16)19-18-20-17(21-23-18)14-9-5-2-6-10-14/h1-10,15-16H,11-12H2,(H,19,20,21)/t15-,16+/m1/s1. The number of nitrogens with one attached hydrogen (secondary N) is 1. The minimum absolute atomic E-state index is 0.0697. The predicted octanol–water partition coefficient (Wildman–Crippen LogP) is 4.15. The lowest BCUT2D eigenvalue weighted by Crippen LogP contribution is -2.23. The summed E-state index contributed by atoms with van der Waals surface area (Å²) in [4.78, 5) is 4.61. The Balaban J connectivity index is 1.51. The van der Waals surface area contributed by atoms with Gasteiger partial charge in [0.05, 0.1) is 6.04 Å². The molecule has 1 fully saturated rings. The first-order valence-corrected chi connectivity index (χ1v) is 8.50. The Morgan fingerprint density at radius 1 is 1.00 bits per heavy atom. The van der Waals surface area contributed by atoms with Crippen molar-refractivity contribution in [1.82, 2.24) is 9.36 Å². The monoisotopic (exact) mass is 323 g/mol. The van der Waals surface area contributed by atoms with Crippen LogP contribution < -0.4 is 5.32 Å². The lowest BCUT2D eigenvalue weighted by Gasteiger charge is -2.19. The molecule has 1 N–H and O–H groups in total. The van der Waals surface area contributed by atoms with Gasteiger partial charge in [-0.15, -0.1) is 0 Å². The summed E-state index contributed by atoms with van der Waals surface area (Å²) in [5.74, 6) is 0.772. The number of hydrogen-bond donors (Lipinski definition) is 1. The van der Waals surface area contributed by atoms with Gasteiger partial charge in [0.15, 0.2) is 5.82 Å². The molecule has 5 heteroatoms. The average Bonchev–Trinajstić information content (AvgIpc) is 3.26. The molecule has 116 valence electrons. The van der Waals surface area contributed by atoms with E-state index in [1.807, 2.05) is 48.5 Å². The fourth-order valence-electron chi connectivity index (χ4n) is 2.85. The summed E-state index contributed by atoms with van der Waals surface area (Å²) in [6.07, 6.45) is 1.04. The van der Waals surface area contributed by atoms with Gasteiger partial charge in [-0.2, -0.15) is 9.36 Å². The molecule has 0 amide bonds. The molecule has 0 unspecified atom stereocenters. The molecule has 0 radical (unpaired) electrons. The molecular formula is C18H17N3OS. The van der Waals surface area contributed by atoms with Crippen molar-refractivity contribution in [2.24, 2.45) is 0 Å². The number of benzene rings is 2. The van der Waals surface area contributed by atoms with Crippen molar-refractivity contribution in [2.45, 2.75) is 18.6 Å². The zero-order valence-electron chi connectivity index (χ0n) is 12.6. The number of anilines is 1. The van der Waals surface area contributed by atoms with Crippen molar-refractivity contribution in [3.63, 3.8) is 0 Å². The zero-order chi connectivity index (χ0) is 15.5. The van der Waals surface area contributed by atoms with Gasteiger partial charge in [-0.3, -0.25) is 0 Å². The largest absolute Gasteiger partial charge is 0.371 e. The van der Waals surface area contributed by atoms with E-state index < -0.39 is 0 Å². The van der Waals surface area contributed by atoms with Crippen LogP contribution in [0.15, 0.2) is 60.7 Å². The second-order valence-corrected chi connectivity index (χ2v) is 6.28. The van der Waals surface area contributed by atoms with E-state index in [4.69, 9.17) is 4.74 Å². The van der Waals surface area contributed by atoms with E-state index in [9.17, 15) is 0 Å². The quantitative estimate of drug-likeness (QED) is 0.783. The van der Waals surface area contributed by atoms with Crippen LogP contribution in [0.5, 0.6) is 0 Å². The van der Waals surface area contributed by atoms with E-state index in [0.29, 0.717) is 0 Å². The zero-order valence-corrected chi connectivity index (χ0v) is 13.4. The first kappa shape index (κ1) is 14.4. The summed E-state index contributed by atoms with van der Waals surface area (Å²) in [5, 5.41) is 4.35. The summed E-state index contributed by atoms with van der Waals surface area (Å²) in [5.41, 5.74) is 2.24. The molecule has 1 aromatic heterocycles. The van der Waals surface area contributed by atoms with E-state index in [1.54, 1.807) is 0 Å². The van der Waals surface area contributed by atoms with Crippen molar-refractivity contribution < 1.29 is 4.74 Å². The van der Waals surface area contributed by atoms with Crippen molar-refractivity contribution in [3.05, 3.63) is 66.2 Å². The van der Waals surface area contributed by atoms with Crippen LogP contribution in [0.25, 0.3) is 11.4 Å². The minimum Gasteiger partial charge on any atom is -0.371 e. The Bertz CT molecular complexity index is 760. The topological polar surface area (TPSA) is 47.0 Å². The fourth-order valence-corrected chi connectivity index (χ4v) is 3.50. The molecule has 0 bridgehead atoms. The second-order valence-electron chi connectivity index (χ2n) is 5.53. The molecule has 1 aliphatic heterocycles. The first-order valence-electron chi connectivity index (χ1n) is 7.72. The molecule has 0 aliphatic carbocycles. The number of aromatic nitrogens is 2. The van der Waals surface area contributed by atoms with Crippen LogP contribution in [0.1, 0.15) is 18.1 Å². The molecule has 2 heterocycles. The highest BCUT2D eigenvalue weighted by Crippen LogP contribution is 2.32. The van der Waals surface area contributed by atoms with Crippen molar-refractivity contribution >= 4 is 16.7 Å². The third kappa shape index (κ3) is 3.11. The Hall–Kier alpha value is -2.24. The predicted molar refractivity (Wildman–Crippen MR) is 92.5 cm³/mol. The SMILES string of the molecule is c1ccc(-c2nsc(N[C@@H]3CCO[C@H]3c3ccccc3)n2)cc1. The van der Waals surface area contributed by atoms with Gasteiger partial charge in [0.1, 0.15) is 6.10 Å². The van der Waals surface area contributed by atoms with Gasteiger partial charge in [-0.1, -0.05) is 60.7 Å². The summed E-state index contributed by atoms with van der Waals surface area (Å²) in [6, 6.07) is 20.6. The van der Waals surface area contributed by atoms with E-state index in [-0.39, 0.29) is 12.1 Å². The smallest absolute Gasteiger partial charge is 0.203 e.